The number of hydrogen-bond donors (Lipinski definition) is 0. The number of fused-ring (bicyclic) bond motifs is 2. The number of aromatic nitrogens is 3. The van der Waals surface area contributed by atoms with Crippen LogP contribution in [0.5, 0.6) is 0 Å². The van der Waals surface area contributed by atoms with Crippen molar-refractivity contribution in [3.63, 3.8) is 0 Å². The van der Waals surface area contributed by atoms with Gasteiger partial charge in [0.1, 0.15) is 0 Å². The summed E-state index contributed by atoms with van der Waals surface area (Å²) in [7, 11) is 0. The molecule has 7 nitrogen and oxygen atoms in total. The molecular formula is C20H27N5O2. The minimum atomic E-state index is -0.0736. The highest BCUT2D eigenvalue weighted by molar-refractivity contribution is 5.31. The zero-order valence-corrected chi connectivity index (χ0v) is 15.9. The van der Waals surface area contributed by atoms with Crippen molar-refractivity contribution in [1.82, 2.24) is 20.0 Å². The van der Waals surface area contributed by atoms with Gasteiger partial charge in [0.25, 0.3) is 0 Å². The van der Waals surface area contributed by atoms with E-state index in [4.69, 9.17) is 9.26 Å². The van der Waals surface area contributed by atoms with Crippen LogP contribution < -0.4 is 4.90 Å². The van der Waals surface area contributed by atoms with Gasteiger partial charge in [0.15, 0.2) is 5.76 Å². The van der Waals surface area contributed by atoms with E-state index in [0.29, 0.717) is 12.1 Å². The van der Waals surface area contributed by atoms with E-state index in [2.05, 4.69) is 37.9 Å². The van der Waals surface area contributed by atoms with E-state index >= 15 is 0 Å². The Labute approximate surface area is 159 Å². The summed E-state index contributed by atoms with van der Waals surface area (Å²) in [5, 5.41) is 4.15. The third-order valence-electron chi connectivity index (χ3n) is 6.38. The number of aryl methyl sites for hydroxylation is 1. The van der Waals surface area contributed by atoms with Crippen LogP contribution in [0.1, 0.15) is 44.1 Å². The normalized spacial score (nSPS) is 30.9. The van der Waals surface area contributed by atoms with Crippen LogP contribution in [-0.2, 0) is 17.7 Å². The van der Waals surface area contributed by atoms with Gasteiger partial charge in [-0.25, -0.2) is 9.97 Å². The summed E-state index contributed by atoms with van der Waals surface area (Å²) >= 11 is 0. The molecule has 0 amide bonds. The maximum absolute atomic E-state index is 6.40. The predicted molar refractivity (Wildman–Crippen MR) is 100 cm³/mol. The lowest BCUT2D eigenvalue weighted by Crippen LogP contribution is -2.60. The monoisotopic (exact) mass is 369 g/mol. The van der Waals surface area contributed by atoms with E-state index in [1.165, 1.54) is 12.8 Å². The van der Waals surface area contributed by atoms with E-state index in [9.17, 15) is 0 Å². The molecule has 2 aromatic rings. The Hall–Kier alpha value is -1.99. The third-order valence-corrected chi connectivity index (χ3v) is 6.38. The first-order valence-corrected chi connectivity index (χ1v) is 10.1. The second-order valence-electron chi connectivity index (χ2n) is 8.11. The maximum Gasteiger partial charge on any atom is 0.225 e. The first-order valence-electron chi connectivity index (χ1n) is 10.1. The molecule has 1 spiro atoms. The first kappa shape index (κ1) is 17.1. The lowest BCUT2D eigenvalue weighted by atomic mass is 9.84. The van der Waals surface area contributed by atoms with E-state index in [1.54, 1.807) is 0 Å². The largest absolute Gasteiger partial charge is 0.371 e. The van der Waals surface area contributed by atoms with Gasteiger partial charge in [-0.2, -0.15) is 0 Å². The van der Waals surface area contributed by atoms with Crippen molar-refractivity contribution in [3.05, 3.63) is 36.0 Å². The zero-order valence-electron chi connectivity index (χ0n) is 15.9. The molecule has 27 heavy (non-hydrogen) atoms. The number of rotatable bonds is 4. The van der Waals surface area contributed by atoms with Crippen molar-refractivity contribution in [2.75, 3.05) is 24.6 Å². The molecule has 1 unspecified atom stereocenters. The molecule has 3 fully saturated rings. The molecule has 0 radical (unpaired) electrons. The van der Waals surface area contributed by atoms with E-state index in [0.717, 1.165) is 62.9 Å². The Morgan fingerprint density at radius 1 is 1.19 bits per heavy atom. The van der Waals surface area contributed by atoms with Gasteiger partial charge in [-0.15, -0.1) is 0 Å². The summed E-state index contributed by atoms with van der Waals surface area (Å²) in [6, 6.07) is 5.08. The fourth-order valence-corrected chi connectivity index (χ4v) is 5.15. The minimum Gasteiger partial charge on any atom is -0.371 e. The summed E-state index contributed by atoms with van der Waals surface area (Å²) in [4.78, 5) is 13.8. The lowest BCUT2D eigenvalue weighted by Gasteiger charge is -2.50. The predicted octanol–water partition coefficient (Wildman–Crippen LogP) is 2.43. The summed E-state index contributed by atoms with van der Waals surface area (Å²) in [5.41, 5.74) is 0.968. The first-order chi connectivity index (χ1) is 13.2. The highest BCUT2D eigenvalue weighted by Crippen LogP contribution is 2.44. The molecule has 0 N–H and O–H groups in total. The van der Waals surface area contributed by atoms with Gasteiger partial charge in [-0.3, -0.25) is 4.90 Å². The lowest BCUT2D eigenvalue weighted by molar-refractivity contribution is -0.113. The van der Waals surface area contributed by atoms with Crippen molar-refractivity contribution >= 4 is 5.95 Å². The third kappa shape index (κ3) is 3.23. The Kier molecular flexibility index (Phi) is 4.36. The van der Waals surface area contributed by atoms with Gasteiger partial charge in [-0.05, 0) is 38.2 Å². The van der Waals surface area contributed by atoms with E-state index < -0.39 is 0 Å². The molecule has 3 saturated heterocycles. The summed E-state index contributed by atoms with van der Waals surface area (Å²) < 4.78 is 11.9. The molecule has 5 heterocycles. The second kappa shape index (κ2) is 6.87. The molecule has 5 rings (SSSR count). The quantitative estimate of drug-likeness (QED) is 0.820. The van der Waals surface area contributed by atoms with Crippen molar-refractivity contribution in [1.29, 1.82) is 0 Å². The van der Waals surface area contributed by atoms with E-state index in [1.807, 2.05) is 18.5 Å². The smallest absolute Gasteiger partial charge is 0.225 e. The number of ether oxygens (including phenoxy) is 1. The van der Waals surface area contributed by atoms with Crippen LogP contribution in [0.4, 0.5) is 5.95 Å². The van der Waals surface area contributed by atoms with Crippen LogP contribution in [-0.4, -0.2) is 57.4 Å². The molecule has 3 atom stereocenters. The van der Waals surface area contributed by atoms with Gasteiger partial charge < -0.3 is 14.2 Å². The highest BCUT2D eigenvalue weighted by Gasteiger charge is 2.51. The second-order valence-corrected chi connectivity index (χ2v) is 8.11. The summed E-state index contributed by atoms with van der Waals surface area (Å²) in [6.45, 7) is 5.48. The molecule has 3 aliphatic rings. The highest BCUT2D eigenvalue weighted by atomic mass is 16.5. The van der Waals surface area contributed by atoms with Gasteiger partial charge in [0.05, 0.1) is 31.0 Å². The van der Waals surface area contributed by atoms with Crippen molar-refractivity contribution in [2.45, 2.75) is 63.3 Å². The van der Waals surface area contributed by atoms with Crippen molar-refractivity contribution < 1.29 is 9.26 Å². The van der Waals surface area contributed by atoms with Crippen molar-refractivity contribution in [2.24, 2.45) is 0 Å². The Bertz CT molecular complexity index is 766. The standard InChI is InChI=1S/C20H27N5O2/c1-2-15-10-18(27-23-15)13-25-16-4-5-17(25)12-20(11-16)14-24(8-9-26-20)19-21-6-3-7-22-19/h3,6-7,10,16-17H,2,4-5,8-9,11-14H2,1H3/t16-,17+,20?. The molecule has 3 aliphatic heterocycles. The Morgan fingerprint density at radius 2 is 1.96 bits per heavy atom. The Balaban J connectivity index is 1.30. The molecule has 7 heteroatoms. The van der Waals surface area contributed by atoms with Crippen LogP contribution in [0.2, 0.25) is 0 Å². The molecule has 2 aromatic heterocycles. The molecular weight excluding hydrogens is 342 g/mol. The minimum absolute atomic E-state index is 0.0736. The average Bonchev–Trinajstić information content (AvgIpc) is 3.26. The molecule has 2 bridgehead atoms. The van der Waals surface area contributed by atoms with Gasteiger partial charge >= 0.3 is 0 Å². The van der Waals surface area contributed by atoms with Crippen LogP contribution in [0.15, 0.2) is 29.0 Å². The maximum atomic E-state index is 6.40. The molecule has 0 aromatic carbocycles. The van der Waals surface area contributed by atoms with Gasteiger partial charge in [0.2, 0.25) is 5.95 Å². The topological polar surface area (TPSA) is 67.5 Å². The zero-order chi connectivity index (χ0) is 18.3. The fraction of sp³-hybridized carbons (Fsp3) is 0.650. The van der Waals surface area contributed by atoms with Crippen LogP contribution in [0, 0.1) is 0 Å². The van der Waals surface area contributed by atoms with Gasteiger partial charge in [0, 0.05) is 37.1 Å². The van der Waals surface area contributed by atoms with Crippen LogP contribution in [0.25, 0.3) is 0 Å². The number of nitrogens with zero attached hydrogens (tertiary/aromatic N) is 5. The van der Waals surface area contributed by atoms with Crippen LogP contribution >= 0.6 is 0 Å². The molecule has 0 saturated carbocycles. The summed E-state index contributed by atoms with van der Waals surface area (Å²) in [6.07, 6.45) is 9.18. The van der Waals surface area contributed by atoms with Crippen molar-refractivity contribution in [3.8, 4) is 0 Å². The number of anilines is 1. The molecule has 0 aliphatic carbocycles. The van der Waals surface area contributed by atoms with Gasteiger partial charge in [-0.1, -0.05) is 12.1 Å². The Morgan fingerprint density at radius 3 is 2.67 bits per heavy atom. The average molecular weight is 369 g/mol. The van der Waals surface area contributed by atoms with Crippen LogP contribution in [0.3, 0.4) is 0 Å². The number of piperidine rings is 1. The molecule has 144 valence electrons. The number of morpholine rings is 1. The van der Waals surface area contributed by atoms with E-state index in [-0.39, 0.29) is 5.60 Å². The number of hydrogen-bond acceptors (Lipinski definition) is 7. The SMILES string of the molecule is CCc1cc(CN2[C@@H]3CC[C@H]2CC2(C3)CN(c3ncccn3)CCO2)on1. The summed E-state index contributed by atoms with van der Waals surface area (Å²) in [5.74, 6) is 1.81. The fourth-order valence-electron chi connectivity index (χ4n) is 5.15.